The maximum absolute atomic E-state index is 12.5. The van der Waals surface area contributed by atoms with Gasteiger partial charge in [-0.1, -0.05) is 40.9 Å². The molecule has 1 heterocycles. The molecule has 3 rings (SSSR count). The van der Waals surface area contributed by atoms with Crippen LogP contribution in [0.3, 0.4) is 0 Å². The summed E-state index contributed by atoms with van der Waals surface area (Å²) in [6.07, 6.45) is 0. The molecule has 0 aliphatic heterocycles. The number of hydrogen-bond donors (Lipinski definition) is 1. The van der Waals surface area contributed by atoms with Gasteiger partial charge >= 0.3 is 5.97 Å². The van der Waals surface area contributed by atoms with Crippen LogP contribution >= 0.6 is 23.2 Å². The van der Waals surface area contributed by atoms with Gasteiger partial charge in [0.05, 0.1) is 22.7 Å². The fourth-order valence-corrected chi connectivity index (χ4v) is 3.39. The number of aryl methyl sites for hydroxylation is 1. The van der Waals surface area contributed by atoms with E-state index in [1.807, 2.05) is 42.7 Å². The molecule has 25 heavy (non-hydrogen) atoms. The Balaban J connectivity index is 2.43. The number of hydrogen-bond acceptors (Lipinski definition) is 3. The average Bonchev–Trinajstić information content (AvgIpc) is 2.86. The van der Waals surface area contributed by atoms with E-state index >= 15 is 0 Å². The molecule has 6 heteroatoms. The number of aromatic nitrogens is 1. The van der Waals surface area contributed by atoms with Crippen LogP contribution in [0.4, 0.5) is 0 Å². The number of ether oxygens (including phenoxy) is 1. The van der Waals surface area contributed by atoms with E-state index in [2.05, 4.69) is 0 Å². The number of halogens is 2. The molecule has 2 aromatic carbocycles. The van der Waals surface area contributed by atoms with Gasteiger partial charge in [-0.15, -0.1) is 0 Å². The van der Waals surface area contributed by atoms with Crippen molar-refractivity contribution >= 4 is 40.1 Å². The van der Waals surface area contributed by atoms with E-state index in [1.165, 1.54) is 6.07 Å². The largest absolute Gasteiger partial charge is 0.506 e. The second kappa shape index (κ2) is 6.62. The Morgan fingerprint density at radius 1 is 1.16 bits per heavy atom. The highest BCUT2D eigenvalue weighted by molar-refractivity contribution is 6.46. The van der Waals surface area contributed by atoms with E-state index in [1.54, 1.807) is 6.92 Å². The predicted octanol–water partition coefficient (Wildman–Crippen LogP) is 5.44. The van der Waals surface area contributed by atoms with Crippen LogP contribution < -0.4 is 0 Å². The van der Waals surface area contributed by atoms with Crippen LogP contribution in [0.25, 0.3) is 16.6 Å². The number of nitrogens with zero attached hydrogens (tertiary/aromatic N) is 1. The summed E-state index contributed by atoms with van der Waals surface area (Å²) >= 11 is 12.6. The van der Waals surface area contributed by atoms with E-state index in [9.17, 15) is 9.90 Å². The summed E-state index contributed by atoms with van der Waals surface area (Å²) in [5.74, 6) is -0.639. The summed E-state index contributed by atoms with van der Waals surface area (Å²) in [6, 6.07) is 9.27. The molecule has 0 radical (unpaired) electrons. The third-order valence-corrected chi connectivity index (χ3v) is 4.97. The van der Waals surface area contributed by atoms with Gasteiger partial charge in [-0.2, -0.15) is 0 Å². The summed E-state index contributed by atoms with van der Waals surface area (Å²) in [5.41, 5.74) is 3.55. The highest BCUT2D eigenvalue weighted by Gasteiger charge is 2.26. The minimum atomic E-state index is -0.464. The van der Waals surface area contributed by atoms with E-state index in [0.29, 0.717) is 22.2 Å². The molecule has 0 aliphatic carbocycles. The monoisotopic (exact) mass is 377 g/mol. The zero-order chi connectivity index (χ0) is 18.3. The predicted molar refractivity (Wildman–Crippen MR) is 100 cm³/mol. The lowest BCUT2D eigenvalue weighted by Crippen LogP contribution is -2.07. The van der Waals surface area contributed by atoms with Crippen LogP contribution in [0.5, 0.6) is 5.75 Å². The van der Waals surface area contributed by atoms with Crippen molar-refractivity contribution in [3.05, 3.63) is 57.2 Å². The van der Waals surface area contributed by atoms with Crippen LogP contribution in [0.2, 0.25) is 10.0 Å². The zero-order valence-electron chi connectivity index (χ0n) is 14.1. The summed E-state index contributed by atoms with van der Waals surface area (Å²) in [5, 5.41) is 10.8. The Morgan fingerprint density at radius 2 is 1.80 bits per heavy atom. The molecule has 0 spiro atoms. The van der Waals surface area contributed by atoms with Crippen LogP contribution in [0.15, 0.2) is 30.3 Å². The molecule has 0 saturated heterocycles. The smallest absolute Gasteiger partial charge is 0.340 e. The van der Waals surface area contributed by atoms with Crippen LogP contribution in [0.1, 0.15) is 28.5 Å². The molecule has 0 amide bonds. The maximum Gasteiger partial charge on any atom is 0.340 e. The third kappa shape index (κ3) is 2.86. The molecule has 3 aromatic rings. The number of aromatic hydroxyl groups is 1. The normalized spacial score (nSPS) is 11.1. The van der Waals surface area contributed by atoms with Crippen LogP contribution in [-0.4, -0.2) is 22.2 Å². The lowest BCUT2D eigenvalue weighted by atomic mass is 10.1. The van der Waals surface area contributed by atoms with Crippen LogP contribution in [0, 0.1) is 13.8 Å². The minimum absolute atomic E-state index is 0.0513. The van der Waals surface area contributed by atoms with Gasteiger partial charge in [0.25, 0.3) is 0 Å². The number of rotatable bonds is 3. The Bertz CT molecular complexity index is 975. The molecule has 1 aromatic heterocycles. The number of benzene rings is 2. The average molecular weight is 378 g/mol. The zero-order valence-corrected chi connectivity index (χ0v) is 15.6. The molecule has 0 aliphatic rings. The molecule has 4 nitrogen and oxygen atoms in total. The molecule has 0 bridgehead atoms. The van der Waals surface area contributed by atoms with Gasteiger partial charge in [-0.3, -0.25) is 0 Å². The fraction of sp³-hybridized carbons (Fsp3) is 0.211. The molecule has 0 unspecified atom stereocenters. The van der Waals surface area contributed by atoms with Gasteiger partial charge in [0.2, 0.25) is 0 Å². The topological polar surface area (TPSA) is 51.5 Å². The Labute approximate surface area is 155 Å². The maximum atomic E-state index is 12.5. The van der Waals surface area contributed by atoms with Gasteiger partial charge in [-0.05, 0) is 39.0 Å². The number of esters is 1. The van der Waals surface area contributed by atoms with Gasteiger partial charge < -0.3 is 14.4 Å². The lowest BCUT2D eigenvalue weighted by Gasteiger charge is -2.11. The van der Waals surface area contributed by atoms with Crippen molar-refractivity contribution in [2.24, 2.45) is 0 Å². The molecule has 0 fully saturated rings. The fourth-order valence-electron chi connectivity index (χ4n) is 2.96. The number of phenolic OH excluding ortho intramolecular Hbond substituents is 1. The Morgan fingerprint density at radius 3 is 2.40 bits per heavy atom. The van der Waals surface area contributed by atoms with Crippen molar-refractivity contribution in [2.75, 3.05) is 6.61 Å². The second-order valence-electron chi connectivity index (χ2n) is 5.77. The van der Waals surface area contributed by atoms with E-state index < -0.39 is 5.97 Å². The van der Waals surface area contributed by atoms with Crippen molar-refractivity contribution in [3.8, 4) is 11.4 Å². The first kappa shape index (κ1) is 17.6. The summed E-state index contributed by atoms with van der Waals surface area (Å²) in [6.45, 7) is 5.81. The van der Waals surface area contributed by atoms with Gasteiger partial charge in [0.1, 0.15) is 10.8 Å². The molecule has 0 atom stereocenters. The van der Waals surface area contributed by atoms with Gasteiger partial charge in [0, 0.05) is 16.8 Å². The second-order valence-corrected chi connectivity index (χ2v) is 6.53. The lowest BCUT2D eigenvalue weighted by molar-refractivity contribution is 0.0527. The first-order valence-corrected chi connectivity index (χ1v) is 8.58. The molecule has 130 valence electrons. The number of phenols is 1. The van der Waals surface area contributed by atoms with E-state index in [-0.39, 0.29) is 22.4 Å². The third-order valence-electron chi connectivity index (χ3n) is 4.12. The number of fused-ring (bicyclic) bond motifs is 1. The van der Waals surface area contributed by atoms with E-state index in [0.717, 1.165) is 11.3 Å². The van der Waals surface area contributed by atoms with Crippen molar-refractivity contribution in [1.82, 2.24) is 4.57 Å². The number of carbonyl (C=O) groups excluding carboxylic acids is 1. The Kier molecular flexibility index (Phi) is 4.67. The Hall–Kier alpha value is -2.17. The quantitative estimate of drug-likeness (QED) is 0.618. The molecular formula is C19H17Cl2NO3. The van der Waals surface area contributed by atoms with Crippen molar-refractivity contribution in [3.63, 3.8) is 0 Å². The summed E-state index contributed by atoms with van der Waals surface area (Å²) in [4.78, 5) is 12.5. The van der Waals surface area contributed by atoms with Gasteiger partial charge in [0.15, 0.2) is 0 Å². The highest BCUT2D eigenvalue weighted by atomic mass is 35.5. The summed E-state index contributed by atoms with van der Waals surface area (Å²) in [7, 11) is 0. The minimum Gasteiger partial charge on any atom is -0.506 e. The summed E-state index contributed by atoms with van der Waals surface area (Å²) < 4.78 is 7.04. The highest BCUT2D eigenvalue weighted by Crippen LogP contribution is 2.42. The van der Waals surface area contributed by atoms with Gasteiger partial charge in [-0.25, -0.2) is 4.79 Å². The molecular weight excluding hydrogens is 361 g/mol. The first-order chi connectivity index (χ1) is 11.9. The number of carbonyl (C=O) groups is 1. The molecule has 1 N–H and O–H groups in total. The first-order valence-electron chi connectivity index (χ1n) is 7.83. The molecule has 0 saturated carbocycles. The van der Waals surface area contributed by atoms with E-state index in [4.69, 9.17) is 27.9 Å². The standard InChI is InChI=1S/C19H17Cl2NO3/c1-4-25-19(24)15-11(3)22(12-7-5-10(2)6-8-12)18-13(15)9-14(23)16(20)17(18)21/h5-9,23H,4H2,1-3H3. The van der Waals surface area contributed by atoms with Crippen molar-refractivity contribution in [1.29, 1.82) is 0 Å². The van der Waals surface area contributed by atoms with Crippen LogP contribution in [-0.2, 0) is 4.74 Å². The van der Waals surface area contributed by atoms with Crippen molar-refractivity contribution < 1.29 is 14.6 Å². The SMILES string of the molecule is CCOC(=O)c1c(C)n(-c2ccc(C)cc2)c2c(Cl)c(Cl)c(O)cc12. The van der Waals surface area contributed by atoms with Crippen molar-refractivity contribution in [2.45, 2.75) is 20.8 Å².